The summed E-state index contributed by atoms with van der Waals surface area (Å²) in [7, 11) is 0. The second kappa shape index (κ2) is 9.89. The number of hydrogen-bond donors (Lipinski definition) is 1. The number of nitriles is 1. The maximum absolute atomic E-state index is 12.2. The van der Waals surface area contributed by atoms with E-state index >= 15 is 0 Å². The van der Waals surface area contributed by atoms with E-state index in [1.165, 1.54) is 16.2 Å². The lowest BCUT2D eigenvalue weighted by Crippen LogP contribution is -2.20. The Kier molecular flexibility index (Phi) is 7.04. The lowest BCUT2D eigenvalue weighted by Gasteiger charge is -2.07. The molecule has 0 fully saturated rings. The smallest absolute Gasteiger partial charge is 0.338 e. The van der Waals surface area contributed by atoms with Gasteiger partial charge in [0, 0.05) is 4.88 Å². The van der Waals surface area contributed by atoms with Crippen LogP contribution in [0.3, 0.4) is 0 Å². The number of thiophene rings is 1. The van der Waals surface area contributed by atoms with Crippen LogP contribution in [0.25, 0.3) is 0 Å². The number of aryl methyl sites for hydroxylation is 1. The number of anilines is 1. The molecule has 3 rings (SSSR count). The van der Waals surface area contributed by atoms with Crippen molar-refractivity contribution in [1.29, 1.82) is 5.26 Å². The van der Waals surface area contributed by atoms with Gasteiger partial charge in [-0.2, -0.15) is 5.26 Å². The molecule has 2 aromatic rings. The van der Waals surface area contributed by atoms with Gasteiger partial charge in [0.05, 0.1) is 11.1 Å². The van der Waals surface area contributed by atoms with Crippen molar-refractivity contribution in [3.63, 3.8) is 0 Å². The summed E-state index contributed by atoms with van der Waals surface area (Å²) in [6, 6.07) is 8.66. The van der Waals surface area contributed by atoms with E-state index in [9.17, 15) is 14.9 Å². The molecule has 0 radical (unpaired) electrons. The molecule has 0 saturated heterocycles. The number of benzene rings is 1. The Hall–Kier alpha value is -3.11. The number of carbonyl (C=O) groups is 2. The molecule has 0 spiro atoms. The van der Waals surface area contributed by atoms with Crippen LogP contribution in [-0.2, 0) is 22.4 Å². The van der Waals surface area contributed by atoms with Crippen molar-refractivity contribution in [2.75, 3.05) is 18.5 Å². The number of fused-ring (bicyclic) bond motifs is 1. The lowest BCUT2D eigenvalue weighted by molar-refractivity contribution is -0.119. The van der Waals surface area contributed by atoms with Gasteiger partial charge in [0.2, 0.25) is 0 Å². The molecule has 29 heavy (non-hydrogen) atoms. The van der Waals surface area contributed by atoms with Gasteiger partial charge in [0.25, 0.3) is 5.91 Å². The van der Waals surface area contributed by atoms with Gasteiger partial charge in [-0.05, 0) is 55.5 Å². The summed E-state index contributed by atoms with van der Waals surface area (Å²) in [4.78, 5) is 25.6. The second-order valence-corrected chi connectivity index (χ2v) is 7.73. The molecule has 1 aromatic carbocycles. The molecule has 1 aliphatic rings. The van der Waals surface area contributed by atoms with Crippen LogP contribution in [0.2, 0.25) is 0 Å². The van der Waals surface area contributed by atoms with Crippen LogP contribution < -0.4 is 10.1 Å². The van der Waals surface area contributed by atoms with Crippen molar-refractivity contribution in [3.8, 4) is 11.8 Å². The van der Waals surface area contributed by atoms with Crippen LogP contribution in [-0.4, -0.2) is 25.1 Å². The van der Waals surface area contributed by atoms with Crippen molar-refractivity contribution < 1.29 is 19.1 Å². The van der Waals surface area contributed by atoms with Crippen molar-refractivity contribution in [1.82, 2.24) is 0 Å². The Morgan fingerprint density at radius 1 is 1.21 bits per heavy atom. The highest BCUT2D eigenvalue weighted by Crippen LogP contribution is 2.36. The summed E-state index contributed by atoms with van der Waals surface area (Å²) in [5.41, 5.74) is 1.92. The van der Waals surface area contributed by atoms with E-state index in [4.69, 9.17) is 9.47 Å². The van der Waals surface area contributed by atoms with Crippen LogP contribution in [0.15, 0.2) is 36.9 Å². The minimum absolute atomic E-state index is 0.323. The monoisotopic (exact) mass is 410 g/mol. The van der Waals surface area contributed by atoms with Crippen molar-refractivity contribution in [2.24, 2.45) is 0 Å². The van der Waals surface area contributed by atoms with E-state index in [-0.39, 0.29) is 0 Å². The fraction of sp³-hybridized carbons (Fsp3) is 0.318. The quantitative estimate of drug-likeness (QED) is 0.419. The zero-order valence-electron chi connectivity index (χ0n) is 16.0. The molecule has 1 amide bonds. The first-order valence-electron chi connectivity index (χ1n) is 9.47. The zero-order chi connectivity index (χ0) is 20.6. The lowest BCUT2D eigenvalue weighted by atomic mass is 10.1. The van der Waals surface area contributed by atoms with Gasteiger partial charge < -0.3 is 14.8 Å². The summed E-state index contributed by atoms with van der Waals surface area (Å²) < 4.78 is 10.5. The fourth-order valence-electron chi connectivity index (χ4n) is 3.17. The minimum Gasteiger partial charge on any atom is -0.490 e. The molecule has 0 bridgehead atoms. The molecule has 0 aliphatic heterocycles. The van der Waals surface area contributed by atoms with Gasteiger partial charge in [-0.25, -0.2) is 4.79 Å². The molecule has 7 heteroatoms. The van der Waals surface area contributed by atoms with Gasteiger partial charge in [-0.3, -0.25) is 4.79 Å². The Morgan fingerprint density at radius 2 is 1.97 bits per heavy atom. The van der Waals surface area contributed by atoms with Crippen LogP contribution in [0.1, 0.15) is 45.6 Å². The van der Waals surface area contributed by atoms with E-state index in [0.29, 0.717) is 28.5 Å². The summed E-state index contributed by atoms with van der Waals surface area (Å²) in [6.07, 6.45) is 6.75. The van der Waals surface area contributed by atoms with E-state index in [2.05, 4.69) is 18.0 Å². The maximum atomic E-state index is 12.2. The minimum atomic E-state index is -0.599. The summed E-state index contributed by atoms with van der Waals surface area (Å²) in [5, 5.41) is 12.8. The standard InChI is InChI=1S/C22H22N2O4S/c1-2-12-27-16-10-8-15(9-11-16)22(26)28-14-20(25)24-21-18(13-23)17-6-4-3-5-7-19(17)29-21/h2,8-11H,1,3-7,12,14H2,(H,24,25). The highest BCUT2D eigenvalue weighted by atomic mass is 32.1. The van der Waals surface area contributed by atoms with Crippen LogP contribution in [0.4, 0.5) is 5.00 Å². The normalized spacial score (nSPS) is 12.8. The highest BCUT2D eigenvalue weighted by molar-refractivity contribution is 7.16. The maximum Gasteiger partial charge on any atom is 0.338 e. The third-order valence-corrected chi connectivity index (χ3v) is 5.79. The van der Waals surface area contributed by atoms with Crippen LogP contribution in [0.5, 0.6) is 5.75 Å². The number of rotatable bonds is 7. The summed E-state index contributed by atoms with van der Waals surface area (Å²) in [6.45, 7) is 3.53. The van der Waals surface area contributed by atoms with Crippen molar-refractivity contribution >= 4 is 28.2 Å². The van der Waals surface area contributed by atoms with E-state index in [1.54, 1.807) is 30.3 Å². The molecule has 150 valence electrons. The Morgan fingerprint density at radius 3 is 2.69 bits per heavy atom. The molecule has 1 aliphatic carbocycles. The second-order valence-electron chi connectivity index (χ2n) is 6.63. The number of nitrogens with zero attached hydrogens (tertiary/aromatic N) is 1. The topological polar surface area (TPSA) is 88.4 Å². The molecular weight excluding hydrogens is 388 g/mol. The largest absolute Gasteiger partial charge is 0.490 e. The first-order valence-corrected chi connectivity index (χ1v) is 10.3. The van der Waals surface area contributed by atoms with Crippen molar-refractivity contribution in [3.05, 3.63) is 58.5 Å². The molecule has 6 nitrogen and oxygen atoms in total. The molecule has 0 saturated carbocycles. The van der Waals surface area contributed by atoms with E-state index < -0.39 is 18.5 Å². The van der Waals surface area contributed by atoms with Gasteiger partial charge >= 0.3 is 5.97 Å². The third-order valence-electron chi connectivity index (χ3n) is 4.58. The molecular formula is C22H22N2O4S. The highest BCUT2D eigenvalue weighted by Gasteiger charge is 2.21. The Bertz CT molecular complexity index is 941. The average Bonchev–Trinajstić information content (AvgIpc) is 2.89. The predicted molar refractivity (Wildman–Crippen MR) is 111 cm³/mol. The average molecular weight is 410 g/mol. The summed E-state index contributed by atoms with van der Waals surface area (Å²) in [5.74, 6) is -0.448. The Balaban J connectivity index is 1.57. The molecule has 1 N–H and O–H groups in total. The molecule has 1 aromatic heterocycles. The third kappa shape index (κ3) is 5.24. The number of carbonyl (C=O) groups excluding carboxylic acids is 2. The fourth-order valence-corrected chi connectivity index (χ4v) is 4.42. The number of esters is 1. The van der Waals surface area contributed by atoms with E-state index in [1.807, 2.05) is 0 Å². The van der Waals surface area contributed by atoms with Gasteiger partial charge in [-0.1, -0.05) is 19.1 Å². The van der Waals surface area contributed by atoms with Crippen LogP contribution in [0, 0.1) is 11.3 Å². The molecule has 1 heterocycles. The first kappa shape index (κ1) is 20.6. The SMILES string of the molecule is C=CCOc1ccc(C(=O)OCC(=O)Nc2sc3c(c2C#N)CCCCC3)cc1. The van der Waals surface area contributed by atoms with Gasteiger partial charge in [-0.15, -0.1) is 11.3 Å². The number of ether oxygens (including phenoxy) is 2. The predicted octanol–water partition coefficient (Wildman–Crippen LogP) is 4.25. The molecule has 0 unspecified atom stereocenters. The number of nitrogens with one attached hydrogen (secondary N) is 1. The summed E-state index contributed by atoms with van der Waals surface area (Å²) >= 11 is 1.45. The zero-order valence-corrected chi connectivity index (χ0v) is 16.8. The Labute approximate surface area is 173 Å². The van der Waals surface area contributed by atoms with Gasteiger partial charge in [0.1, 0.15) is 23.4 Å². The van der Waals surface area contributed by atoms with Crippen molar-refractivity contribution in [2.45, 2.75) is 32.1 Å². The number of amides is 1. The molecule has 0 atom stereocenters. The van der Waals surface area contributed by atoms with Crippen LogP contribution >= 0.6 is 11.3 Å². The first-order chi connectivity index (χ1) is 14.1. The van der Waals surface area contributed by atoms with Gasteiger partial charge in [0.15, 0.2) is 6.61 Å². The van der Waals surface area contributed by atoms with E-state index in [0.717, 1.165) is 37.7 Å². The number of hydrogen-bond acceptors (Lipinski definition) is 6.